The van der Waals surface area contributed by atoms with Crippen LogP contribution < -0.4 is 5.73 Å². The van der Waals surface area contributed by atoms with Crippen molar-refractivity contribution in [2.45, 2.75) is 31.4 Å². The van der Waals surface area contributed by atoms with Gasteiger partial charge in [0.15, 0.2) is 0 Å². The van der Waals surface area contributed by atoms with Gasteiger partial charge in [-0.3, -0.25) is 4.79 Å². The fraction of sp³-hybridized carbons (Fsp3) is 0.857. The summed E-state index contributed by atoms with van der Waals surface area (Å²) >= 11 is 0. The van der Waals surface area contributed by atoms with E-state index in [9.17, 15) is 4.79 Å². The van der Waals surface area contributed by atoms with Crippen molar-refractivity contribution in [3.63, 3.8) is 0 Å². The molecule has 0 aliphatic heterocycles. The molecule has 0 bridgehead atoms. The molecule has 64 valence electrons. The van der Waals surface area contributed by atoms with Crippen molar-refractivity contribution in [3.8, 4) is 0 Å². The number of aliphatic hydroxyl groups is 1. The summed E-state index contributed by atoms with van der Waals surface area (Å²) in [5.41, 5.74) is 5.49. The van der Waals surface area contributed by atoms with E-state index < -0.39 is 12.1 Å². The number of rotatable bonds is 1. The molecular formula is C7H13NO3. The van der Waals surface area contributed by atoms with E-state index in [1.54, 1.807) is 0 Å². The summed E-state index contributed by atoms with van der Waals surface area (Å²) in [6.45, 7) is 0. The van der Waals surface area contributed by atoms with E-state index in [0.717, 1.165) is 0 Å². The third-order valence-corrected chi connectivity index (χ3v) is 2.21. The van der Waals surface area contributed by atoms with Crippen molar-refractivity contribution < 1.29 is 15.0 Å². The highest BCUT2D eigenvalue weighted by molar-refractivity contribution is 5.70. The van der Waals surface area contributed by atoms with Crippen molar-refractivity contribution >= 4 is 5.97 Å². The molecule has 1 rings (SSSR count). The number of carboxylic acid groups (broad SMARTS) is 1. The van der Waals surface area contributed by atoms with Crippen molar-refractivity contribution in [2.75, 3.05) is 0 Å². The first-order chi connectivity index (χ1) is 5.11. The number of carboxylic acids is 1. The molecule has 4 N–H and O–H groups in total. The van der Waals surface area contributed by atoms with Crippen LogP contribution in [-0.4, -0.2) is 28.3 Å². The minimum atomic E-state index is -0.799. The van der Waals surface area contributed by atoms with Crippen molar-refractivity contribution in [1.29, 1.82) is 0 Å². The predicted molar refractivity (Wildman–Crippen MR) is 39.0 cm³/mol. The molecule has 1 aliphatic rings. The van der Waals surface area contributed by atoms with Gasteiger partial charge in [0.05, 0.1) is 12.0 Å². The van der Waals surface area contributed by atoms with Crippen LogP contribution in [0, 0.1) is 5.92 Å². The lowest BCUT2D eigenvalue weighted by Gasteiger charge is -2.28. The molecule has 0 spiro atoms. The Hall–Kier alpha value is -0.610. The lowest BCUT2D eigenvalue weighted by molar-refractivity contribution is -0.143. The van der Waals surface area contributed by atoms with Gasteiger partial charge < -0.3 is 15.9 Å². The Kier molecular flexibility index (Phi) is 2.46. The van der Waals surface area contributed by atoms with E-state index in [0.29, 0.717) is 19.3 Å². The van der Waals surface area contributed by atoms with E-state index in [2.05, 4.69) is 0 Å². The molecule has 0 aromatic rings. The van der Waals surface area contributed by atoms with E-state index >= 15 is 0 Å². The molecule has 4 nitrogen and oxygen atoms in total. The summed E-state index contributed by atoms with van der Waals surface area (Å²) in [4.78, 5) is 10.5. The second kappa shape index (κ2) is 3.19. The van der Waals surface area contributed by atoms with E-state index in [-0.39, 0.29) is 12.0 Å². The number of hydrogen-bond donors (Lipinski definition) is 3. The SMILES string of the molecule is N[C@@H]1C[C@@H](C(=O)O)CC[C@@H]1O. The molecule has 0 amide bonds. The average molecular weight is 159 g/mol. The zero-order valence-corrected chi connectivity index (χ0v) is 6.23. The molecule has 0 radical (unpaired) electrons. The second-order valence-electron chi connectivity index (χ2n) is 3.08. The summed E-state index contributed by atoms with van der Waals surface area (Å²) in [7, 11) is 0. The van der Waals surface area contributed by atoms with Gasteiger partial charge in [0.2, 0.25) is 0 Å². The van der Waals surface area contributed by atoms with Crippen LogP contribution >= 0.6 is 0 Å². The topological polar surface area (TPSA) is 83.6 Å². The van der Waals surface area contributed by atoms with Gasteiger partial charge in [-0.05, 0) is 19.3 Å². The standard InChI is InChI=1S/C7H13NO3/c8-5-3-4(7(10)11)1-2-6(5)9/h4-6,9H,1-3,8H2,(H,10,11)/t4-,5+,6-/m0/s1. The summed E-state index contributed by atoms with van der Waals surface area (Å²) in [5, 5.41) is 17.8. The molecule has 0 aromatic carbocycles. The molecule has 11 heavy (non-hydrogen) atoms. The van der Waals surface area contributed by atoms with Crippen LogP contribution in [0.4, 0.5) is 0 Å². The van der Waals surface area contributed by atoms with Gasteiger partial charge in [0, 0.05) is 6.04 Å². The van der Waals surface area contributed by atoms with Crippen LogP contribution in [0.2, 0.25) is 0 Å². The number of aliphatic carboxylic acids is 1. The fourth-order valence-corrected chi connectivity index (χ4v) is 1.41. The maximum atomic E-state index is 10.5. The summed E-state index contributed by atoms with van der Waals surface area (Å²) in [6.07, 6.45) is 0.948. The third-order valence-electron chi connectivity index (χ3n) is 2.21. The first-order valence-electron chi connectivity index (χ1n) is 3.77. The zero-order chi connectivity index (χ0) is 8.43. The van der Waals surface area contributed by atoms with Crippen LogP contribution in [0.15, 0.2) is 0 Å². The van der Waals surface area contributed by atoms with Gasteiger partial charge in [0.1, 0.15) is 0 Å². The zero-order valence-electron chi connectivity index (χ0n) is 6.23. The Bertz CT molecular complexity index is 160. The second-order valence-corrected chi connectivity index (χ2v) is 3.08. The predicted octanol–water partition coefficient (Wildman–Crippen LogP) is -0.441. The summed E-state index contributed by atoms with van der Waals surface area (Å²) in [5.74, 6) is -1.15. The van der Waals surface area contributed by atoms with Crippen LogP contribution in [0.25, 0.3) is 0 Å². The average Bonchev–Trinajstić information content (AvgIpc) is 1.94. The minimum Gasteiger partial charge on any atom is -0.481 e. The number of hydrogen-bond acceptors (Lipinski definition) is 3. The first kappa shape index (κ1) is 8.49. The third kappa shape index (κ3) is 1.91. The normalized spacial score (nSPS) is 38.5. The van der Waals surface area contributed by atoms with E-state index in [1.165, 1.54) is 0 Å². The van der Waals surface area contributed by atoms with E-state index in [4.69, 9.17) is 15.9 Å². The molecule has 0 heterocycles. The maximum Gasteiger partial charge on any atom is 0.306 e. The first-order valence-corrected chi connectivity index (χ1v) is 3.77. The molecule has 1 fully saturated rings. The molecule has 0 unspecified atom stereocenters. The Balaban J connectivity index is 2.46. The lowest BCUT2D eigenvalue weighted by atomic mass is 9.84. The fourth-order valence-electron chi connectivity index (χ4n) is 1.41. The minimum absolute atomic E-state index is 0.353. The lowest BCUT2D eigenvalue weighted by Crippen LogP contribution is -2.42. The molecule has 0 saturated heterocycles. The highest BCUT2D eigenvalue weighted by Gasteiger charge is 2.30. The molecular weight excluding hydrogens is 146 g/mol. The monoisotopic (exact) mass is 159 g/mol. The number of aliphatic hydroxyl groups excluding tert-OH is 1. The van der Waals surface area contributed by atoms with Gasteiger partial charge in [-0.25, -0.2) is 0 Å². The molecule has 1 saturated carbocycles. The maximum absolute atomic E-state index is 10.5. The summed E-state index contributed by atoms with van der Waals surface area (Å²) < 4.78 is 0. The highest BCUT2D eigenvalue weighted by atomic mass is 16.4. The number of nitrogens with two attached hydrogens (primary N) is 1. The largest absolute Gasteiger partial charge is 0.481 e. The summed E-state index contributed by atoms with van der Waals surface area (Å²) in [6, 6.07) is -0.357. The van der Waals surface area contributed by atoms with Gasteiger partial charge >= 0.3 is 5.97 Å². The van der Waals surface area contributed by atoms with Crippen LogP contribution in [-0.2, 0) is 4.79 Å². The van der Waals surface area contributed by atoms with Crippen molar-refractivity contribution in [2.24, 2.45) is 11.7 Å². The van der Waals surface area contributed by atoms with Gasteiger partial charge in [0.25, 0.3) is 0 Å². The quantitative estimate of drug-likeness (QED) is 0.484. The molecule has 4 heteroatoms. The Morgan fingerprint density at radius 1 is 1.45 bits per heavy atom. The molecule has 0 aromatic heterocycles. The Morgan fingerprint density at radius 2 is 2.09 bits per heavy atom. The van der Waals surface area contributed by atoms with Gasteiger partial charge in [-0.15, -0.1) is 0 Å². The Labute approximate surface area is 65.0 Å². The number of carbonyl (C=O) groups is 1. The Morgan fingerprint density at radius 3 is 2.55 bits per heavy atom. The van der Waals surface area contributed by atoms with Crippen LogP contribution in [0.1, 0.15) is 19.3 Å². The highest BCUT2D eigenvalue weighted by Crippen LogP contribution is 2.23. The van der Waals surface area contributed by atoms with Gasteiger partial charge in [-0.1, -0.05) is 0 Å². The van der Waals surface area contributed by atoms with Gasteiger partial charge in [-0.2, -0.15) is 0 Å². The van der Waals surface area contributed by atoms with Crippen LogP contribution in [0.5, 0.6) is 0 Å². The smallest absolute Gasteiger partial charge is 0.306 e. The van der Waals surface area contributed by atoms with Crippen LogP contribution in [0.3, 0.4) is 0 Å². The molecule has 3 atom stereocenters. The molecule has 1 aliphatic carbocycles. The van der Waals surface area contributed by atoms with Crippen molar-refractivity contribution in [1.82, 2.24) is 0 Å². The van der Waals surface area contributed by atoms with E-state index in [1.807, 2.05) is 0 Å². The van der Waals surface area contributed by atoms with Crippen molar-refractivity contribution in [3.05, 3.63) is 0 Å².